The summed E-state index contributed by atoms with van der Waals surface area (Å²) in [6.07, 6.45) is 1.51. The van der Waals surface area contributed by atoms with E-state index in [0.717, 1.165) is 0 Å². The minimum atomic E-state index is -0.956. The number of rotatable bonds is 4. The molecule has 0 unspecified atom stereocenters. The molecule has 0 saturated carbocycles. The molecule has 0 aliphatic rings. The Morgan fingerprint density at radius 2 is 2.36 bits per heavy atom. The van der Waals surface area contributed by atoms with Crippen molar-refractivity contribution in [2.75, 3.05) is 6.61 Å². The summed E-state index contributed by atoms with van der Waals surface area (Å²) in [5.41, 5.74) is 0.812. The summed E-state index contributed by atoms with van der Waals surface area (Å²) in [7, 11) is 0. The third kappa shape index (κ3) is 2.13. The Kier molecular flexibility index (Phi) is 3.29. The van der Waals surface area contributed by atoms with E-state index in [2.05, 4.69) is 6.58 Å². The first-order valence-corrected chi connectivity index (χ1v) is 4.31. The molecule has 0 aliphatic carbocycles. The molecular weight excluding hydrogens is 180 g/mol. The van der Waals surface area contributed by atoms with Crippen molar-refractivity contribution < 1.29 is 14.6 Å². The standard InChI is InChI=1S/C11H12O3/c1-3-8-7-9(14-4-2)5-6-10(8)11(12)13/h3,5-7H,1,4H2,2H3,(H,12,13). The van der Waals surface area contributed by atoms with Crippen LogP contribution in [0.15, 0.2) is 24.8 Å². The quantitative estimate of drug-likeness (QED) is 0.796. The smallest absolute Gasteiger partial charge is 0.336 e. The van der Waals surface area contributed by atoms with E-state index in [1.54, 1.807) is 12.1 Å². The van der Waals surface area contributed by atoms with Gasteiger partial charge in [0.2, 0.25) is 0 Å². The molecule has 0 fully saturated rings. The minimum Gasteiger partial charge on any atom is -0.494 e. The van der Waals surface area contributed by atoms with Crippen LogP contribution < -0.4 is 4.74 Å². The number of carboxylic acids is 1. The van der Waals surface area contributed by atoms with Crippen LogP contribution in [0.5, 0.6) is 5.75 Å². The predicted octanol–water partition coefficient (Wildman–Crippen LogP) is 2.43. The van der Waals surface area contributed by atoms with Gasteiger partial charge in [-0.2, -0.15) is 0 Å². The van der Waals surface area contributed by atoms with Crippen molar-refractivity contribution in [2.45, 2.75) is 6.92 Å². The molecule has 1 N–H and O–H groups in total. The van der Waals surface area contributed by atoms with Crippen LogP contribution in [-0.2, 0) is 0 Å². The minimum absolute atomic E-state index is 0.239. The molecule has 0 aliphatic heterocycles. The lowest BCUT2D eigenvalue weighted by atomic mass is 10.1. The lowest BCUT2D eigenvalue weighted by Gasteiger charge is -2.06. The van der Waals surface area contributed by atoms with Crippen LogP contribution in [0.4, 0.5) is 0 Å². The molecule has 0 aromatic heterocycles. The Labute approximate surface area is 82.6 Å². The highest BCUT2D eigenvalue weighted by Crippen LogP contribution is 2.18. The Hall–Kier alpha value is -1.77. The number of hydrogen-bond acceptors (Lipinski definition) is 2. The number of ether oxygens (including phenoxy) is 1. The summed E-state index contributed by atoms with van der Waals surface area (Å²) >= 11 is 0. The van der Waals surface area contributed by atoms with Gasteiger partial charge in [0, 0.05) is 0 Å². The SMILES string of the molecule is C=Cc1cc(OCC)ccc1C(=O)O. The molecule has 0 spiro atoms. The van der Waals surface area contributed by atoms with Crippen LogP contribution in [0.2, 0.25) is 0 Å². The summed E-state index contributed by atoms with van der Waals surface area (Å²) in [6, 6.07) is 4.82. The van der Waals surface area contributed by atoms with Gasteiger partial charge in [-0.25, -0.2) is 4.79 Å². The Balaban J connectivity index is 3.11. The number of aromatic carboxylic acids is 1. The first-order chi connectivity index (χ1) is 6.69. The highest BCUT2D eigenvalue weighted by atomic mass is 16.5. The molecule has 3 nitrogen and oxygen atoms in total. The van der Waals surface area contributed by atoms with E-state index < -0.39 is 5.97 Å². The fourth-order valence-corrected chi connectivity index (χ4v) is 1.16. The second kappa shape index (κ2) is 4.46. The zero-order valence-electron chi connectivity index (χ0n) is 7.99. The molecule has 1 aromatic rings. The van der Waals surface area contributed by atoms with Gasteiger partial charge >= 0.3 is 5.97 Å². The maximum Gasteiger partial charge on any atom is 0.336 e. The van der Waals surface area contributed by atoms with Crippen molar-refractivity contribution in [1.29, 1.82) is 0 Å². The average molecular weight is 192 g/mol. The van der Waals surface area contributed by atoms with Crippen molar-refractivity contribution in [2.24, 2.45) is 0 Å². The highest BCUT2D eigenvalue weighted by molar-refractivity contribution is 5.92. The molecule has 0 bridgehead atoms. The second-order valence-electron chi connectivity index (χ2n) is 2.69. The summed E-state index contributed by atoms with van der Waals surface area (Å²) < 4.78 is 5.24. The van der Waals surface area contributed by atoms with E-state index in [9.17, 15) is 4.79 Å². The number of carbonyl (C=O) groups is 1. The molecular formula is C11H12O3. The topological polar surface area (TPSA) is 46.5 Å². The van der Waals surface area contributed by atoms with E-state index in [1.165, 1.54) is 12.1 Å². The van der Waals surface area contributed by atoms with Crippen molar-refractivity contribution in [3.63, 3.8) is 0 Å². The van der Waals surface area contributed by atoms with E-state index in [0.29, 0.717) is 17.9 Å². The summed E-state index contributed by atoms with van der Waals surface area (Å²) in [5.74, 6) is -0.296. The fourth-order valence-electron chi connectivity index (χ4n) is 1.16. The van der Waals surface area contributed by atoms with Crippen molar-refractivity contribution in [3.8, 4) is 5.75 Å². The second-order valence-corrected chi connectivity index (χ2v) is 2.69. The number of benzene rings is 1. The Morgan fingerprint density at radius 3 is 2.86 bits per heavy atom. The lowest BCUT2D eigenvalue weighted by molar-refractivity contribution is 0.0696. The maximum atomic E-state index is 10.8. The predicted molar refractivity (Wildman–Crippen MR) is 54.7 cm³/mol. The van der Waals surface area contributed by atoms with Gasteiger partial charge in [-0.3, -0.25) is 0 Å². The molecule has 1 aromatic carbocycles. The molecule has 74 valence electrons. The normalized spacial score (nSPS) is 9.50. The van der Waals surface area contributed by atoms with Crippen LogP contribution >= 0.6 is 0 Å². The van der Waals surface area contributed by atoms with Gasteiger partial charge in [-0.1, -0.05) is 12.7 Å². The summed E-state index contributed by atoms with van der Waals surface area (Å²) in [4.78, 5) is 10.8. The summed E-state index contributed by atoms with van der Waals surface area (Å²) in [5, 5.41) is 8.83. The molecule has 1 rings (SSSR count). The monoisotopic (exact) mass is 192 g/mol. The Morgan fingerprint density at radius 1 is 1.64 bits per heavy atom. The molecule has 0 heterocycles. The van der Waals surface area contributed by atoms with E-state index in [-0.39, 0.29) is 5.56 Å². The number of carboxylic acid groups (broad SMARTS) is 1. The first kappa shape index (κ1) is 10.3. The largest absolute Gasteiger partial charge is 0.494 e. The fraction of sp³-hybridized carbons (Fsp3) is 0.182. The lowest BCUT2D eigenvalue weighted by Crippen LogP contribution is -2.00. The van der Waals surface area contributed by atoms with Gasteiger partial charge < -0.3 is 9.84 Å². The van der Waals surface area contributed by atoms with Gasteiger partial charge in [-0.15, -0.1) is 0 Å². The number of hydrogen-bond donors (Lipinski definition) is 1. The van der Waals surface area contributed by atoms with Crippen LogP contribution in [0, 0.1) is 0 Å². The van der Waals surface area contributed by atoms with Crippen molar-refractivity contribution >= 4 is 12.0 Å². The molecule has 3 heteroatoms. The molecule has 0 atom stereocenters. The molecule has 14 heavy (non-hydrogen) atoms. The van der Waals surface area contributed by atoms with Crippen molar-refractivity contribution in [1.82, 2.24) is 0 Å². The van der Waals surface area contributed by atoms with Gasteiger partial charge in [0.25, 0.3) is 0 Å². The van der Waals surface area contributed by atoms with Gasteiger partial charge in [0.1, 0.15) is 5.75 Å². The molecule has 0 radical (unpaired) electrons. The zero-order chi connectivity index (χ0) is 10.6. The third-order valence-corrected chi connectivity index (χ3v) is 1.78. The van der Waals surface area contributed by atoms with Crippen molar-refractivity contribution in [3.05, 3.63) is 35.9 Å². The van der Waals surface area contributed by atoms with Crippen LogP contribution in [-0.4, -0.2) is 17.7 Å². The zero-order valence-corrected chi connectivity index (χ0v) is 7.99. The van der Waals surface area contributed by atoms with Crippen LogP contribution in [0.1, 0.15) is 22.8 Å². The maximum absolute atomic E-state index is 10.8. The van der Waals surface area contributed by atoms with E-state index in [1.807, 2.05) is 6.92 Å². The summed E-state index contributed by atoms with van der Waals surface area (Å²) in [6.45, 7) is 5.99. The van der Waals surface area contributed by atoms with Gasteiger partial charge in [-0.05, 0) is 30.7 Å². The highest BCUT2D eigenvalue weighted by Gasteiger charge is 2.08. The van der Waals surface area contributed by atoms with Gasteiger partial charge in [0.05, 0.1) is 12.2 Å². The van der Waals surface area contributed by atoms with Crippen LogP contribution in [0.3, 0.4) is 0 Å². The Bertz CT molecular complexity index is 356. The average Bonchev–Trinajstić information content (AvgIpc) is 2.17. The molecule has 0 saturated heterocycles. The van der Waals surface area contributed by atoms with Gasteiger partial charge in [0.15, 0.2) is 0 Å². The third-order valence-electron chi connectivity index (χ3n) is 1.78. The van der Waals surface area contributed by atoms with Crippen LogP contribution in [0.25, 0.3) is 6.08 Å². The molecule has 0 amide bonds. The first-order valence-electron chi connectivity index (χ1n) is 4.31. The van der Waals surface area contributed by atoms with E-state index >= 15 is 0 Å². The van der Waals surface area contributed by atoms with E-state index in [4.69, 9.17) is 9.84 Å².